The molecule has 0 bridgehead atoms. The molecule has 0 aromatic heterocycles. The number of amides is 2. The number of rotatable bonds is 3. The highest BCUT2D eigenvalue weighted by Gasteiger charge is 2.43. The quantitative estimate of drug-likeness (QED) is 0.791. The summed E-state index contributed by atoms with van der Waals surface area (Å²) in [6.45, 7) is 2.12. The fourth-order valence-electron chi connectivity index (χ4n) is 2.75. The molecule has 3 rings (SSSR count). The predicted molar refractivity (Wildman–Crippen MR) is 86.7 cm³/mol. The highest BCUT2D eigenvalue weighted by Crippen LogP contribution is 2.34. The molecule has 126 valence electrons. The molecule has 0 spiro atoms. The second-order valence-electron chi connectivity index (χ2n) is 5.21. The van der Waals surface area contributed by atoms with Crippen molar-refractivity contribution >= 4 is 33.9 Å². The lowest BCUT2D eigenvalue weighted by molar-refractivity contribution is -0.146. The molecule has 1 N–H and O–H groups in total. The Kier molecular flexibility index (Phi) is 4.57. The molecule has 1 aromatic carbocycles. The third-order valence-electron chi connectivity index (χ3n) is 3.75. The van der Waals surface area contributed by atoms with Crippen LogP contribution in [0.25, 0.3) is 0 Å². The normalized spacial score (nSPS) is 20.2. The molecular formula is C16H15BrN2O5. The van der Waals surface area contributed by atoms with E-state index >= 15 is 0 Å². The zero-order chi connectivity index (χ0) is 17.3. The summed E-state index contributed by atoms with van der Waals surface area (Å²) in [6, 6.07) is 5.91. The summed E-state index contributed by atoms with van der Waals surface area (Å²) in [7, 11) is 0. The number of urea groups is 1. The Hall–Kier alpha value is -2.35. The lowest BCUT2D eigenvalue weighted by Crippen LogP contribution is -2.53. The van der Waals surface area contributed by atoms with Gasteiger partial charge in [-0.1, -0.05) is 28.1 Å². The molecule has 1 atom stereocenters. The molecule has 1 aromatic rings. The van der Waals surface area contributed by atoms with Crippen molar-refractivity contribution in [2.45, 2.75) is 13.0 Å². The SMILES string of the molecule is CCOC(=O)C1=C2C(=O)OCCN2C(=O)NC1c1cccc(Br)c1. The topological polar surface area (TPSA) is 84.9 Å². The second-order valence-corrected chi connectivity index (χ2v) is 6.12. The number of cyclic esters (lactones) is 1. The van der Waals surface area contributed by atoms with Crippen LogP contribution in [0.1, 0.15) is 18.5 Å². The number of halogens is 1. The van der Waals surface area contributed by atoms with Crippen molar-refractivity contribution in [3.8, 4) is 0 Å². The van der Waals surface area contributed by atoms with E-state index in [9.17, 15) is 14.4 Å². The Balaban J connectivity index is 2.16. The van der Waals surface area contributed by atoms with Crippen LogP contribution in [0.15, 0.2) is 40.0 Å². The molecule has 8 heteroatoms. The van der Waals surface area contributed by atoms with Gasteiger partial charge in [-0.3, -0.25) is 4.90 Å². The first-order valence-corrected chi connectivity index (χ1v) is 8.24. The molecule has 2 heterocycles. The van der Waals surface area contributed by atoms with Crippen molar-refractivity contribution in [2.24, 2.45) is 0 Å². The minimum Gasteiger partial charge on any atom is -0.463 e. The maximum Gasteiger partial charge on any atom is 0.355 e. The van der Waals surface area contributed by atoms with E-state index in [1.165, 1.54) is 4.90 Å². The van der Waals surface area contributed by atoms with Crippen molar-refractivity contribution in [2.75, 3.05) is 19.8 Å². The number of fused-ring (bicyclic) bond motifs is 1. The van der Waals surface area contributed by atoms with Gasteiger partial charge in [0.15, 0.2) is 0 Å². The smallest absolute Gasteiger partial charge is 0.355 e. The van der Waals surface area contributed by atoms with Gasteiger partial charge in [-0.25, -0.2) is 14.4 Å². The summed E-state index contributed by atoms with van der Waals surface area (Å²) in [5.74, 6) is -1.35. The number of benzene rings is 1. The van der Waals surface area contributed by atoms with Gasteiger partial charge < -0.3 is 14.8 Å². The van der Waals surface area contributed by atoms with E-state index in [1.54, 1.807) is 25.1 Å². The van der Waals surface area contributed by atoms with Gasteiger partial charge >= 0.3 is 18.0 Å². The van der Waals surface area contributed by atoms with E-state index in [4.69, 9.17) is 9.47 Å². The molecule has 7 nitrogen and oxygen atoms in total. The number of morpholine rings is 1. The van der Waals surface area contributed by atoms with E-state index < -0.39 is 24.0 Å². The van der Waals surface area contributed by atoms with E-state index in [-0.39, 0.29) is 31.0 Å². The van der Waals surface area contributed by atoms with E-state index in [0.29, 0.717) is 5.56 Å². The van der Waals surface area contributed by atoms with Crippen LogP contribution in [-0.2, 0) is 19.1 Å². The number of nitrogens with one attached hydrogen (secondary N) is 1. The van der Waals surface area contributed by atoms with Crippen LogP contribution in [0.3, 0.4) is 0 Å². The minimum absolute atomic E-state index is 0.0478. The molecule has 2 aliphatic rings. The standard InChI is InChI=1S/C16H15BrN2O5/c1-2-23-14(20)11-12(9-4-3-5-10(17)8-9)18-16(22)19-6-7-24-15(21)13(11)19/h3-5,8,12H,2,6-7H2,1H3,(H,18,22). The van der Waals surface area contributed by atoms with Crippen molar-refractivity contribution < 1.29 is 23.9 Å². The Morgan fingerprint density at radius 1 is 1.46 bits per heavy atom. The Morgan fingerprint density at radius 3 is 2.96 bits per heavy atom. The number of hydrogen-bond acceptors (Lipinski definition) is 5. The second kappa shape index (κ2) is 6.64. The maximum absolute atomic E-state index is 12.5. The van der Waals surface area contributed by atoms with Crippen molar-refractivity contribution in [1.82, 2.24) is 10.2 Å². The highest BCUT2D eigenvalue weighted by atomic mass is 79.9. The summed E-state index contributed by atoms with van der Waals surface area (Å²) in [6.07, 6.45) is 0. The number of nitrogens with zero attached hydrogens (tertiary/aromatic N) is 1. The number of esters is 2. The maximum atomic E-state index is 12.5. The number of carbonyl (C=O) groups excluding carboxylic acids is 3. The third kappa shape index (κ3) is 2.89. The van der Waals surface area contributed by atoms with E-state index in [1.807, 2.05) is 6.07 Å². The molecule has 0 radical (unpaired) electrons. The zero-order valence-corrected chi connectivity index (χ0v) is 14.5. The Morgan fingerprint density at radius 2 is 2.25 bits per heavy atom. The van der Waals surface area contributed by atoms with E-state index in [2.05, 4.69) is 21.2 Å². The first kappa shape index (κ1) is 16.5. The van der Waals surface area contributed by atoms with Gasteiger partial charge in [0.2, 0.25) is 0 Å². The van der Waals surface area contributed by atoms with Crippen LogP contribution in [0.5, 0.6) is 0 Å². The van der Waals surface area contributed by atoms with Crippen molar-refractivity contribution in [3.05, 3.63) is 45.6 Å². The third-order valence-corrected chi connectivity index (χ3v) is 4.24. The molecular weight excluding hydrogens is 380 g/mol. The Labute approximate surface area is 146 Å². The molecule has 0 aliphatic carbocycles. The van der Waals surface area contributed by atoms with Gasteiger partial charge in [-0.2, -0.15) is 0 Å². The molecule has 2 amide bonds. The average Bonchev–Trinajstić information content (AvgIpc) is 2.55. The molecule has 0 saturated carbocycles. The molecule has 1 unspecified atom stereocenters. The van der Waals surface area contributed by atoms with Crippen molar-refractivity contribution in [1.29, 1.82) is 0 Å². The summed E-state index contributed by atoms with van der Waals surface area (Å²) >= 11 is 3.37. The van der Waals surface area contributed by atoms with Gasteiger partial charge in [0.05, 0.1) is 24.8 Å². The predicted octanol–water partition coefficient (Wildman–Crippen LogP) is 1.89. The lowest BCUT2D eigenvalue weighted by Gasteiger charge is -2.37. The Bertz CT molecular complexity index is 746. The lowest BCUT2D eigenvalue weighted by atomic mass is 9.94. The summed E-state index contributed by atoms with van der Waals surface area (Å²) in [5, 5.41) is 2.77. The molecule has 1 fully saturated rings. The molecule has 24 heavy (non-hydrogen) atoms. The zero-order valence-electron chi connectivity index (χ0n) is 12.9. The summed E-state index contributed by atoms with van der Waals surface area (Å²) < 4.78 is 10.9. The molecule has 1 saturated heterocycles. The monoisotopic (exact) mass is 394 g/mol. The van der Waals surface area contributed by atoms with Crippen molar-refractivity contribution in [3.63, 3.8) is 0 Å². The van der Waals surface area contributed by atoms with Gasteiger partial charge in [-0.05, 0) is 24.6 Å². The summed E-state index contributed by atoms with van der Waals surface area (Å²) in [4.78, 5) is 38.3. The van der Waals surface area contributed by atoms with Gasteiger partial charge in [-0.15, -0.1) is 0 Å². The van der Waals surface area contributed by atoms with Crippen LogP contribution < -0.4 is 5.32 Å². The van der Waals surface area contributed by atoms with Gasteiger partial charge in [0.1, 0.15) is 12.3 Å². The van der Waals surface area contributed by atoms with Crippen LogP contribution in [-0.4, -0.2) is 42.6 Å². The van der Waals surface area contributed by atoms with Gasteiger partial charge in [0, 0.05) is 4.47 Å². The fourth-order valence-corrected chi connectivity index (χ4v) is 3.17. The van der Waals surface area contributed by atoms with Crippen LogP contribution in [0, 0.1) is 0 Å². The average molecular weight is 395 g/mol. The van der Waals surface area contributed by atoms with Crippen LogP contribution in [0.4, 0.5) is 4.79 Å². The fraction of sp³-hybridized carbons (Fsp3) is 0.312. The largest absolute Gasteiger partial charge is 0.463 e. The van der Waals surface area contributed by atoms with Crippen LogP contribution >= 0.6 is 15.9 Å². The highest BCUT2D eigenvalue weighted by molar-refractivity contribution is 9.10. The van der Waals surface area contributed by atoms with E-state index in [0.717, 1.165) is 4.47 Å². The number of hydrogen-bond donors (Lipinski definition) is 1. The first-order valence-electron chi connectivity index (χ1n) is 7.44. The minimum atomic E-state index is -0.786. The number of carbonyl (C=O) groups is 3. The molecule has 2 aliphatic heterocycles. The number of ether oxygens (including phenoxy) is 2. The first-order chi connectivity index (χ1) is 11.5. The summed E-state index contributed by atoms with van der Waals surface area (Å²) in [5.41, 5.74) is 0.693. The van der Waals surface area contributed by atoms with Gasteiger partial charge in [0.25, 0.3) is 0 Å². The van der Waals surface area contributed by atoms with Crippen LogP contribution in [0.2, 0.25) is 0 Å².